The molecule has 0 unspecified atom stereocenters. The molecule has 0 fully saturated rings. The first kappa shape index (κ1) is 14.4. The van der Waals surface area contributed by atoms with E-state index in [1.165, 1.54) is 12.1 Å². The maximum atomic E-state index is 12.0. The molecule has 0 saturated heterocycles. The van der Waals surface area contributed by atoms with Crippen LogP contribution in [0.3, 0.4) is 0 Å². The Hall–Kier alpha value is -0.620. The largest absolute Gasteiger partial charge is 0.395 e. The van der Waals surface area contributed by atoms with Crippen molar-refractivity contribution in [3.05, 3.63) is 28.8 Å². The fourth-order valence-corrected chi connectivity index (χ4v) is 3.21. The molecule has 96 valence electrons. The van der Waals surface area contributed by atoms with E-state index in [1.807, 2.05) is 0 Å². The summed E-state index contributed by atoms with van der Waals surface area (Å²) in [6, 6.07) is 4.12. The molecule has 0 aliphatic carbocycles. The third-order valence-corrected chi connectivity index (χ3v) is 4.38. The first-order valence-corrected chi connectivity index (χ1v) is 7.16. The number of benzene rings is 1. The summed E-state index contributed by atoms with van der Waals surface area (Å²) in [5.41, 5.74) is 0.581. The number of rotatable bonds is 5. The van der Waals surface area contributed by atoms with Crippen molar-refractivity contribution in [3.63, 3.8) is 0 Å². The van der Waals surface area contributed by atoms with Crippen LogP contribution < -0.4 is 4.72 Å². The average molecular weight is 278 g/mol. The number of nitrogens with one attached hydrogen (secondary N) is 1. The quantitative estimate of drug-likeness (QED) is 0.861. The first-order chi connectivity index (χ1) is 7.90. The van der Waals surface area contributed by atoms with Crippen molar-refractivity contribution in [3.8, 4) is 0 Å². The Labute approximate surface area is 107 Å². The normalized spacial score (nSPS) is 13.6. The molecule has 0 saturated carbocycles. The number of sulfonamides is 1. The highest BCUT2D eigenvalue weighted by Crippen LogP contribution is 2.19. The van der Waals surface area contributed by atoms with Gasteiger partial charge in [-0.15, -0.1) is 0 Å². The lowest BCUT2D eigenvalue weighted by molar-refractivity contribution is 0.254. The fraction of sp³-hybridized carbons (Fsp3) is 0.455. The molecule has 1 aromatic carbocycles. The third kappa shape index (κ3) is 3.67. The van der Waals surface area contributed by atoms with Crippen molar-refractivity contribution >= 4 is 21.6 Å². The predicted molar refractivity (Wildman–Crippen MR) is 67.7 cm³/mol. The van der Waals surface area contributed by atoms with E-state index < -0.39 is 16.1 Å². The predicted octanol–water partition coefficient (Wildman–Crippen LogP) is 1.70. The van der Waals surface area contributed by atoms with Gasteiger partial charge in [-0.1, -0.05) is 18.5 Å². The van der Waals surface area contributed by atoms with Crippen LogP contribution in [0.15, 0.2) is 23.1 Å². The molecule has 0 heterocycles. The Bertz CT molecular complexity index is 483. The number of hydrogen-bond donors (Lipinski definition) is 2. The van der Waals surface area contributed by atoms with Crippen LogP contribution in [0.1, 0.15) is 18.9 Å². The van der Waals surface area contributed by atoms with Gasteiger partial charge in [-0.2, -0.15) is 0 Å². The molecule has 0 amide bonds. The van der Waals surface area contributed by atoms with Gasteiger partial charge >= 0.3 is 0 Å². The van der Waals surface area contributed by atoms with Gasteiger partial charge in [0.1, 0.15) is 0 Å². The molecule has 0 aromatic heterocycles. The first-order valence-electron chi connectivity index (χ1n) is 5.30. The van der Waals surface area contributed by atoms with E-state index in [0.29, 0.717) is 17.0 Å². The standard InChI is InChI=1S/C11H16ClNO3S/c1-3-10(7-14)13-17(15,16)11-5-4-9(12)6-8(11)2/h4-6,10,13-14H,3,7H2,1-2H3/t10-/m1/s1. The van der Waals surface area contributed by atoms with Crippen molar-refractivity contribution in [1.29, 1.82) is 0 Å². The molecule has 17 heavy (non-hydrogen) atoms. The molecular weight excluding hydrogens is 262 g/mol. The number of aliphatic hydroxyl groups is 1. The Morgan fingerprint density at radius 1 is 1.47 bits per heavy atom. The van der Waals surface area contributed by atoms with Gasteiger partial charge in [-0.3, -0.25) is 0 Å². The van der Waals surface area contributed by atoms with Crippen LogP contribution in [0.5, 0.6) is 0 Å². The van der Waals surface area contributed by atoms with Crippen molar-refractivity contribution in [2.75, 3.05) is 6.61 Å². The molecule has 0 aliphatic rings. The van der Waals surface area contributed by atoms with E-state index >= 15 is 0 Å². The highest BCUT2D eigenvalue weighted by molar-refractivity contribution is 7.89. The SMILES string of the molecule is CC[C@H](CO)NS(=O)(=O)c1ccc(Cl)cc1C. The van der Waals surface area contributed by atoms with Crippen LogP contribution in [-0.4, -0.2) is 26.2 Å². The molecule has 0 aliphatic heterocycles. The maximum absolute atomic E-state index is 12.0. The highest BCUT2D eigenvalue weighted by atomic mass is 35.5. The molecule has 4 nitrogen and oxygen atoms in total. The highest BCUT2D eigenvalue weighted by Gasteiger charge is 2.20. The zero-order valence-corrected chi connectivity index (χ0v) is 11.3. The van der Waals surface area contributed by atoms with Gasteiger partial charge < -0.3 is 5.11 Å². The molecule has 0 bridgehead atoms. The summed E-state index contributed by atoms with van der Waals surface area (Å²) in [4.78, 5) is 0.189. The zero-order valence-electron chi connectivity index (χ0n) is 9.77. The number of aryl methyl sites for hydroxylation is 1. The lowest BCUT2D eigenvalue weighted by Gasteiger charge is -2.15. The summed E-state index contributed by atoms with van der Waals surface area (Å²) in [7, 11) is -3.60. The second-order valence-corrected chi connectivity index (χ2v) is 5.94. The molecule has 0 radical (unpaired) electrons. The van der Waals surface area contributed by atoms with Crippen molar-refractivity contribution in [2.45, 2.75) is 31.2 Å². The second-order valence-electron chi connectivity index (χ2n) is 3.82. The van der Waals surface area contributed by atoms with E-state index in [9.17, 15) is 8.42 Å². The van der Waals surface area contributed by atoms with Gasteiger partial charge in [-0.25, -0.2) is 13.1 Å². The van der Waals surface area contributed by atoms with Gasteiger partial charge in [0.25, 0.3) is 0 Å². The van der Waals surface area contributed by atoms with Gasteiger partial charge in [0, 0.05) is 11.1 Å². The molecule has 1 rings (SSSR count). The van der Waals surface area contributed by atoms with E-state index in [4.69, 9.17) is 16.7 Å². The van der Waals surface area contributed by atoms with Crippen LogP contribution >= 0.6 is 11.6 Å². The minimum atomic E-state index is -3.60. The van der Waals surface area contributed by atoms with Gasteiger partial charge in [0.05, 0.1) is 11.5 Å². The van der Waals surface area contributed by atoms with E-state index in [-0.39, 0.29) is 11.5 Å². The van der Waals surface area contributed by atoms with Gasteiger partial charge in [-0.05, 0) is 37.1 Å². The molecule has 6 heteroatoms. The summed E-state index contributed by atoms with van der Waals surface area (Å²) in [6.07, 6.45) is 0.530. The summed E-state index contributed by atoms with van der Waals surface area (Å²) in [5, 5.41) is 9.50. The average Bonchev–Trinajstić information content (AvgIpc) is 2.25. The third-order valence-electron chi connectivity index (χ3n) is 2.46. The smallest absolute Gasteiger partial charge is 0.241 e. The van der Waals surface area contributed by atoms with E-state index in [2.05, 4.69) is 4.72 Å². The lowest BCUT2D eigenvalue weighted by Crippen LogP contribution is -2.37. The summed E-state index contributed by atoms with van der Waals surface area (Å²) in [5.74, 6) is 0. The van der Waals surface area contributed by atoms with Crippen LogP contribution in [0.4, 0.5) is 0 Å². The summed E-state index contributed by atoms with van der Waals surface area (Å²) in [6.45, 7) is 3.26. The Kier molecular flexibility index (Phi) is 4.94. The number of hydrogen-bond acceptors (Lipinski definition) is 3. The van der Waals surface area contributed by atoms with Crippen molar-refractivity contribution in [1.82, 2.24) is 4.72 Å². The van der Waals surface area contributed by atoms with Crippen LogP contribution in [0, 0.1) is 6.92 Å². The van der Waals surface area contributed by atoms with Crippen LogP contribution in [0.2, 0.25) is 5.02 Å². The Morgan fingerprint density at radius 3 is 2.59 bits per heavy atom. The minimum Gasteiger partial charge on any atom is -0.395 e. The Morgan fingerprint density at radius 2 is 2.12 bits per heavy atom. The zero-order chi connectivity index (χ0) is 13.1. The van der Waals surface area contributed by atoms with Crippen LogP contribution in [-0.2, 0) is 10.0 Å². The molecule has 0 spiro atoms. The van der Waals surface area contributed by atoms with Crippen LogP contribution in [0.25, 0.3) is 0 Å². The van der Waals surface area contributed by atoms with E-state index in [1.54, 1.807) is 19.9 Å². The topological polar surface area (TPSA) is 66.4 Å². The lowest BCUT2D eigenvalue weighted by atomic mass is 10.2. The van der Waals surface area contributed by atoms with Crippen molar-refractivity contribution in [2.24, 2.45) is 0 Å². The number of aliphatic hydroxyl groups excluding tert-OH is 1. The molecule has 1 atom stereocenters. The Balaban J connectivity index is 3.05. The molecule has 2 N–H and O–H groups in total. The molecular formula is C11H16ClNO3S. The summed E-state index contributed by atoms with van der Waals surface area (Å²) >= 11 is 5.77. The minimum absolute atomic E-state index is 0.189. The fourth-order valence-electron chi connectivity index (χ4n) is 1.45. The van der Waals surface area contributed by atoms with E-state index in [0.717, 1.165) is 0 Å². The second kappa shape index (κ2) is 5.82. The molecule has 1 aromatic rings. The van der Waals surface area contributed by atoms with Gasteiger partial charge in [0.15, 0.2) is 0 Å². The van der Waals surface area contributed by atoms with Gasteiger partial charge in [0.2, 0.25) is 10.0 Å². The maximum Gasteiger partial charge on any atom is 0.241 e. The van der Waals surface area contributed by atoms with Crippen molar-refractivity contribution < 1.29 is 13.5 Å². The monoisotopic (exact) mass is 277 g/mol. The number of halogens is 1. The summed E-state index contributed by atoms with van der Waals surface area (Å²) < 4.78 is 26.5.